The van der Waals surface area contributed by atoms with E-state index in [4.69, 9.17) is 0 Å². The summed E-state index contributed by atoms with van der Waals surface area (Å²) < 4.78 is 0. The summed E-state index contributed by atoms with van der Waals surface area (Å²) in [7, 11) is 0. The molecule has 0 spiro atoms. The molecule has 0 radical (unpaired) electrons. The van der Waals surface area contributed by atoms with E-state index >= 15 is 0 Å². The van der Waals surface area contributed by atoms with Crippen LogP contribution in [-0.4, -0.2) is 79.0 Å². The van der Waals surface area contributed by atoms with E-state index in [1.165, 1.54) is 51.4 Å². The summed E-state index contributed by atoms with van der Waals surface area (Å²) in [6.45, 7) is 15.9. The minimum atomic E-state index is -0.231. The number of carbonyl (C=O) groups is 2. The zero-order chi connectivity index (χ0) is 25.0. The number of nitrogens with zero attached hydrogens (tertiary/aromatic N) is 3. The Morgan fingerprint density at radius 3 is 1.32 bits per heavy atom. The minimum Gasteiger partial charge on any atom is -0.349 e. The fraction of sp³-hybridized carbons (Fsp3) is 0.741. The SMILES string of the molecule is CCCCN(CCCC)CCNC(=O)c1cccc(C(=O)NCCN(CCCC)CCCC)n1. The van der Waals surface area contributed by atoms with Crippen LogP contribution in [0.15, 0.2) is 18.2 Å². The van der Waals surface area contributed by atoms with Gasteiger partial charge in [0, 0.05) is 26.2 Å². The number of unbranched alkanes of at least 4 members (excludes halogenated alkanes) is 4. The monoisotopic (exact) mass is 475 g/mol. The highest BCUT2D eigenvalue weighted by Gasteiger charge is 2.13. The van der Waals surface area contributed by atoms with Gasteiger partial charge >= 0.3 is 0 Å². The van der Waals surface area contributed by atoms with Gasteiger partial charge in [-0.2, -0.15) is 0 Å². The highest BCUT2D eigenvalue weighted by Crippen LogP contribution is 2.02. The second kappa shape index (κ2) is 19.3. The standard InChI is InChI=1S/C27H49N5O2/c1-5-9-18-31(19-10-6-2)22-16-28-26(33)24-14-13-15-25(30-24)27(34)29-17-23-32(20-11-7-3)21-12-8-4/h13-15H,5-12,16-23H2,1-4H3,(H,28,33)(H,29,34). The topological polar surface area (TPSA) is 77.6 Å². The second-order valence-corrected chi connectivity index (χ2v) is 9.02. The van der Waals surface area contributed by atoms with Crippen molar-refractivity contribution in [3.05, 3.63) is 29.6 Å². The molecule has 0 aliphatic carbocycles. The number of carbonyl (C=O) groups excluding carboxylic acids is 2. The van der Waals surface area contributed by atoms with Crippen molar-refractivity contribution < 1.29 is 9.59 Å². The molecule has 34 heavy (non-hydrogen) atoms. The lowest BCUT2D eigenvalue weighted by Crippen LogP contribution is -2.37. The molecule has 0 atom stereocenters. The number of rotatable bonds is 20. The van der Waals surface area contributed by atoms with Crippen molar-refractivity contribution in [2.75, 3.05) is 52.4 Å². The third kappa shape index (κ3) is 13.0. The lowest BCUT2D eigenvalue weighted by molar-refractivity contribution is 0.0938. The van der Waals surface area contributed by atoms with E-state index in [0.29, 0.717) is 13.1 Å². The van der Waals surface area contributed by atoms with Crippen LogP contribution in [-0.2, 0) is 0 Å². The molecule has 0 fully saturated rings. The van der Waals surface area contributed by atoms with Gasteiger partial charge in [-0.3, -0.25) is 9.59 Å². The number of amides is 2. The van der Waals surface area contributed by atoms with Crippen molar-refractivity contribution in [1.29, 1.82) is 0 Å². The van der Waals surface area contributed by atoms with Gasteiger partial charge < -0.3 is 20.4 Å². The van der Waals surface area contributed by atoms with E-state index in [9.17, 15) is 9.59 Å². The van der Waals surface area contributed by atoms with E-state index < -0.39 is 0 Å². The van der Waals surface area contributed by atoms with E-state index in [1.54, 1.807) is 18.2 Å². The molecule has 7 heteroatoms. The molecule has 0 aromatic carbocycles. The molecular weight excluding hydrogens is 426 g/mol. The summed E-state index contributed by atoms with van der Waals surface area (Å²) in [5.41, 5.74) is 0.572. The van der Waals surface area contributed by atoms with Gasteiger partial charge in [0.1, 0.15) is 11.4 Å². The lowest BCUT2D eigenvalue weighted by atomic mass is 10.2. The molecule has 0 aliphatic rings. The molecule has 0 saturated heterocycles. The Labute approximate surface area is 208 Å². The first-order valence-electron chi connectivity index (χ1n) is 13.5. The Hall–Kier alpha value is -1.99. The van der Waals surface area contributed by atoms with Crippen LogP contribution in [0.3, 0.4) is 0 Å². The van der Waals surface area contributed by atoms with Crippen molar-refractivity contribution in [1.82, 2.24) is 25.4 Å². The third-order valence-corrected chi connectivity index (χ3v) is 5.95. The Bertz CT molecular complexity index is 613. The van der Waals surface area contributed by atoms with Crippen molar-refractivity contribution in [2.45, 2.75) is 79.1 Å². The van der Waals surface area contributed by atoms with Gasteiger partial charge in [-0.05, 0) is 64.0 Å². The van der Waals surface area contributed by atoms with Gasteiger partial charge in [0.15, 0.2) is 0 Å². The molecule has 1 rings (SSSR count). The van der Waals surface area contributed by atoms with Crippen LogP contribution in [0, 0.1) is 0 Å². The lowest BCUT2D eigenvalue weighted by Gasteiger charge is -2.22. The van der Waals surface area contributed by atoms with Gasteiger partial charge in [0.25, 0.3) is 11.8 Å². The van der Waals surface area contributed by atoms with E-state index in [-0.39, 0.29) is 23.2 Å². The van der Waals surface area contributed by atoms with Crippen LogP contribution in [0.5, 0.6) is 0 Å². The molecule has 2 N–H and O–H groups in total. The zero-order valence-corrected chi connectivity index (χ0v) is 22.2. The average molecular weight is 476 g/mol. The Morgan fingerprint density at radius 1 is 0.647 bits per heavy atom. The Kier molecular flexibility index (Phi) is 17.1. The molecule has 7 nitrogen and oxygen atoms in total. The van der Waals surface area contributed by atoms with Gasteiger partial charge in [-0.1, -0.05) is 59.4 Å². The summed E-state index contributed by atoms with van der Waals surface area (Å²) in [4.78, 5) is 34.3. The highest BCUT2D eigenvalue weighted by atomic mass is 16.2. The molecule has 1 aromatic rings. The van der Waals surface area contributed by atoms with E-state index in [1.807, 2.05) is 0 Å². The normalized spacial score (nSPS) is 11.2. The van der Waals surface area contributed by atoms with Crippen molar-refractivity contribution in [3.8, 4) is 0 Å². The van der Waals surface area contributed by atoms with Crippen LogP contribution in [0.4, 0.5) is 0 Å². The van der Waals surface area contributed by atoms with Gasteiger partial charge in [0.05, 0.1) is 0 Å². The van der Waals surface area contributed by atoms with E-state index in [0.717, 1.165) is 39.3 Å². The number of hydrogen-bond acceptors (Lipinski definition) is 5. The predicted octanol–water partition coefficient (Wildman–Crippen LogP) is 4.35. The molecule has 0 aliphatic heterocycles. The van der Waals surface area contributed by atoms with Gasteiger partial charge in [0.2, 0.25) is 0 Å². The Morgan fingerprint density at radius 2 is 1.00 bits per heavy atom. The maximum atomic E-state index is 12.6. The van der Waals surface area contributed by atoms with Crippen LogP contribution in [0.25, 0.3) is 0 Å². The van der Waals surface area contributed by atoms with Crippen LogP contribution in [0.2, 0.25) is 0 Å². The van der Waals surface area contributed by atoms with Crippen molar-refractivity contribution in [3.63, 3.8) is 0 Å². The average Bonchev–Trinajstić information content (AvgIpc) is 2.86. The second-order valence-electron chi connectivity index (χ2n) is 9.02. The maximum Gasteiger partial charge on any atom is 0.269 e. The van der Waals surface area contributed by atoms with Gasteiger partial charge in [-0.25, -0.2) is 4.98 Å². The van der Waals surface area contributed by atoms with Gasteiger partial charge in [-0.15, -0.1) is 0 Å². The highest BCUT2D eigenvalue weighted by molar-refractivity contribution is 5.96. The smallest absolute Gasteiger partial charge is 0.269 e. The number of aromatic nitrogens is 1. The fourth-order valence-corrected chi connectivity index (χ4v) is 3.72. The van der Waals surface area contributed by atoms with Crippen LogP contribution in [0.1, 0.15) is 100 Å². The molecule has 2 amide bonds. The Balaban J connectivity index is 2.52. The number of nitrogens with one attached hydrogen (secondary N) is 2. The van der Waals surface area contributed by atoms with E-state index in [2.05, 4.69) is 53.1 Å². The third-order valence-electron chi connectivity index (χ3n) is 5.95. The molecule has 194 valence electrons. The molecule has 0 unspecified atom stereocenters. The molecule has 0 saturated carbocycles. The molecule has 0 bridgehead atoms. The first-order valence-corrected chi connectivity index (χ1v) is 13.5. The van der Waals surface area contributed by atoms with Crippen molar-refractivity contribution >= 4 is 11.8 Å². The summed E-state index contributed by atoms with van der Waals surface area (Å²) in [5, 5.41) is 5.93. The summed E-state index contributed by atoms with van der Waals surface area (Å²) in [6.07, 6.45) is 9.37. The number of hydrogen-bond donors (Lipinski definition) is 2. The minimum absolute atomic E-state index is 0.231. The first-order chi connectivity index (χ1) is 16.5. The van der Waals surface area contributed by atoms with Crippen LogP contribution >= 0.6 is 0 Å². The summed E-state index contributed by atoms with van der Waals surface area (Å²) >= 11 is 0. The zero-order valence-electron chi connectivity index (χ0n) is 22.2. The quantitative estimate of drug-likeness (QED) is 0.293. The largest absolute Gasteiger partial charge is 0.349 e. The molecule has 1 heterocycles. The first kappa shape index (κ1) is 30.0. The van der Waals surface area contributed by atoms with Crippen molar-refractivity contribution in [2.24, 2.45) is 0 Å². The fourth-order valence-electron chi connectivity index (χ4n) is 3.72. The number of pyridine rings is 1. The molecular formula is C27H49N5O2. The van der Waals surface area contributed by atoms with Crippen LogP contribution < -0.4 is 10.6 Å². The summed E-state index contributed by atoms with van der Waals surface area (Å²) in [5.74, 6) is -0.461. The molecule has 1 aromatic heterocycles. The summed E-state index contributed by atoms with van der Waals surface area (Å²) in [6, 6.07) is 5.05. The predicted molar refractivity (Wildman–Crippen MR) is 141 cm³/mol. The maximum absolute atomic E-state index is 12.6.